The van der Waals surface area contributed by atoms with Gasteiger partial charge < -0.3 is 17.9 Å². The topological polar surface area (TPSA) is 30.9 Å². The summed E-state index contributed by atoms with van der Waals surface area (Å²) >= 11 is 0. The van der Waals surface area contributed by atoms with Crippen LogP contribution in [0.1, 0.15) is 0 Å². The fourth-order valence-corrected chi connectivity index (χ4v) is 9.14. The Morgan fingerprint density at radius 2 is 1.03 bits per heavy atom. The molecular weight excluding hydrogens is 394 g/mol. The van der Waals surface area contributed by atoms with Crippen LogP contribution in [0.4, 0.5) is 17.1 Å². The molecule has 0 bridgehead atoms. The third-order valence-corrected chi connectivity index (χ3v) is 11.7. The molecule has 3 rings (SSSR count). The highest BCUT2D eigenvalue weighted by Crippen LogP contribution is 2.33. The number of anilines is 3. The van der Waals surface area contributed by atoms with Crippen molar-refractivity contribution in [3.8, 4) is 0 Å². The Morgan fingerprint density at radius 3 is 1.45 bits per heavy atom. The highest BCUT2D eigenvalue weighted by Gasteiger charge is 2.40. The van der Waals surface area contributed by atoms with E-state index in [1.54, 1.807) is 14.2 Å². The monoisotopic (exact) mass is 423 g/mol. The summed E-state index contributed by atoms with van der Waals surface area (Å²) in [7, 11) is -1.36. The van der Waals surface area contributed by atoms with Gasteiger partial charge in [-0.2, -0.15) is 0 Å². The molecule has 0 heterocycles. The molecule has 0 fully saturated rings. The van der Waals surface area contributed by atoms with E-state index in [9.17, 15) is 0 Å². The first-order valence-electron chi connectivity index (χ1n) is 9.70. The van der Waals surface area contributed by atoms with Crippen molar-refractivity contribution in [3.05, 3.63) is 84.9 Å². The second-order valence-corrected chi connectivity index (χ2v) is 14.3. The SMILES string of the molecule is CO[Si](C)(C)O[Si](C)(OC)c1ccc(N(c2ccccc2)c2ccccc2)cc1. The molecule has 0 saturated carbocycles. The highest BCUT2D eigenvalue weighted by molar-refractivity contribution is 6.87. The first kappa shape index (κ1) is 21.5. The molecule has 0 aliphatic carbocycles. The molecule has 29 heavy (non-hydrogen) atoms. The normalized spacial score (nSPS) is 13.7. The molecule has 6 heteroatoms. The predicted octanol–water partition coefficient (Wildman–Crippen LogP) is 5.45. The van der Waals surface area contributed by atoms with Crippen molar-refractivity contribution in [2.45, 2.75) is 19.6 Å². The molecule has 0 aromatic heterocycles. The van der Waals surface area contributed by atoms with Crippen molar-refractivity contribution in [2.75, 3.05) is 19.1 Å². The van der Waals surface area contributed by atoms with E-state index in [0.29, 0.717) is 0 Å². The van der Waals surface area contributed by atoms with Gasteiger partial charge in [0.2, 0.25) is 0 Å². The average molecular weight is 424 g/mol. The van der Waals surface area contributed by atoms with Gasteiger partial charge in [0.25, 0.3) is 0 Å². The van der Waals surface area contributed by atoms with Gasteiger partial charge in [0.05, 0.1) is 0 Å². The van der Waals surface area contributed by atoms with Gasteiger partial charge in [0.15, 0.2) is 0 Å². The van der Waals surface area contributed by atoms with Crippen molar-refractivity contribution < 1.29 is 13.0 Å². The van der Waals surface area contributed by atoms with Crippen LogP contribution in [0.5, 0.6) is 0 Å². The molecule has 152 valence electrons. The molecule has 1 atom stereocenters. The van der Waals surface area contributed by atoms with Crippen LogP contribution in [0.2, 0.25) is 19.6 Å². The maximum Gasteiger partial charge on any atom is 0.360 e. The van der Waals surface area contributed by atoms with Crippen molar-refractivity contribution in [1.29, 1.82) is 0 Å². The quantitative estimate of drug-likeness (QED) is 0.451. The zero-order chi connectivity index (χ0) is 20.9. The smallest absolute Gasteiger partial charge is 0.360 e. The zero-order valence-corrected chi connectivity index (χ0v) is 19.8. The van der Waals surface area contributed by atoms with Gasteiger partial charge in [-0.05, 0) is 61.2 Å². The van der Waals surface area contributed by atoms with Gasteiger partial charge in [-0.25, -0.2) is 0 Å². The molecule has 0 amide bonds. The number of hydrogen-bond acceptors (Lipinski definition) is 4. The van der Waals surface area contributed by atoms with Crippen molar-refractivity contribution in [2.24, 2.45) is 0 Å². The summed E-state index contributed by atoms with van der Waals surface area (Å²) in [5, 5.41) is 1.09. The predicted molar refractivity (Wildman–Crippen MR) is 125 cm³/mol. The first-order valence-corrected chi connectivity index (χ1v) is 14.8. The van der Waals surface area contributed by atoms with Crippen LogP contribution in [0.3, 0.4) is 0 Å². The summed E-state index contributed by atoms with van der Waals surface area (Å²) in [4.78, 5) is 2.24. The van der Waals surface area contributed by atoms with E-state index >= 15 is 0 Å². The third kappa shape index (κ3) is 5.04. The second kappa shape index (κ2) is 9.06. The van der Waals surface area contributed by atoms with Crippen LogP contribution < -0.4 is 10.1 Å². The molecule has 3 aromatic carbocycles. The number of nitrogens with zero attached hydrogens (tertiary/aromatic N) is 1. The Labute approximate surface area is 176 Å². The summed E-state index contributed by atoms with van der Waals surface area (Å²) < 4.78 is 17.9. The molecule has 4 nitrogen and oxygen atoms in total. The maximum atomic E-state index is 6.40. The summed E-state index contributed by atoms with van der Waals surface area (Å²) in [6.07, 6.45) is 0. The van der Waals surface area contributed by atoms with Crippen LogP contribution >= 0.6 is 0 Å². The Hall–Kier alpha value is -2.23. The summed E-state index contributed by atoms with van der Waals surface area (Å²) in [6, 6.07) is 29.2. The second-order valence-electron chi connectivity index (χ2n) is 7.41. The number of hydrogen-bond donors (Lipinski definition) is 0. The van der Waals surface area contributed by atoms with Gasteiger partial charge in [-0.3, -0.25) is 0 Å². The van der Waals surface area contributed by atoms with Gasteiger partial charge in [0.1, 0.15) is 0 Å². The molecular formula is C23H29NO3Si2. The fourth-order valence-electron chi connectivity index (χ4n) is 3.24. The number of benzene rings is 3. The van der Waals surface area contributed by atoms with E-state index in [1.807, 2.05) is 25.2 Å². The van der Waals surface area contributed by atoms with E-state index in [-0.39, 0.29) is 0 Å². The van der Waals surface area contributed by atoms with Gasteiger partial charge >= 0.3 is 17.1 Å². The van der Waals surface area contributed by atoms with Crippen LogP contribution in [-0.4, -0.2) is 31.3 Å². The molecule has 0 aliphatic rings. The van der Waals surface area contributed by atoms with Crippen LogP contribution in [0.15, 0.2) is 84.9 Å². The van der Waals surface area contributed by atoms with Crippen LogP contribution in [-0.2, 0) is 13.0 Å². The fraction of sp³-hybridized carbons (Fsp3) is 0.217. The minimum Gasteiger partial charge on any atom is -0.411 e. The first-order chi connectivity index (χ1) is 13.9. The highest BCUT2D eigenvalue weighted by atomic mass is 28.5. The van der Waals surface area contributed by atoms with Crippen molar-refractivity contribution in [3.63, 3.8) is 0 Å². The molecule has 0 saturated heterocycles. The van der Waals surface area contributed by atoms with Gasteiger partial charge in [-0.15, -0.1) is 0 Å². The molecule has 0 aliphatic heterocycles. The van der Waals surface area contributed by atoms with E-state index in [4.69, 9.17) is 13.0 Å². The Kier molecular flexibility index (Phi) is 6.71. The Bertz CT molecular complexity index is 865. The summed E-state index contributed by atoms with van der Waals surface area (Å²) in [5.74, 6) is 0. The molecule has 0 spiro atoms. The van der Waals surface area contributed by atoms with Crippen LogP contribution in [0, 0.1) is 0 Å². The largest absolute Gasteiger partial charge is 0.411 e. The summed E-state index contributed by atoms with van der Waals surface area (Å²) in [6.45, 7) is 6.15. The van der Waals surface area contributed by atoms with Crippen LogP contribution in [0.25, 0.3) is 0 Å². The minimum atomic E-state index is -2.55. The van der Waals surface area contributed by atoms with E-state index in [2.05, 4.69) is 84.2 Å². The van der Waals surface area contributed by atoms with E-state index in [1.165, 1.54) is 0 Å². The standard InChI is InChI=1S/C23H29NO3Si2/c1-25-28(3,4)27-29(5,26-2)23-18-16-22(17-19-23)24(20-12-8-6-9-13-20)21-14-10-7-11-15-21/h6-19H,1-5H3. The molecule has 0 N–H and O–H groups in total. The average Bonchev–Trinajstić information content (AvgIpc) is 2.75. The lowest BCUT2D eigenvalue weighted by atomic mass is 10.2. The third-order valence-electron chi connectivity index (χ3n) is 5.00. The lowest BCUT2D eigenvalue weighted by Crippen LogP contribution is -2.57. The van der Waals surface area contributed by atoms with E-state index in [0.717, 1.165) is 22.2 Å². The van der Waals surface area contributed by atoms with E-state index < -0.39 is 17.1 Å². The lowest BCUT2D eigenvalue weighted by molar-refractivity contribution is 0.256. The maximum absolute atomic E-state index is 6.40. The molecule has 3 aromatic rings. The van der Waals surface area contributed by atoms with Gasteiger partial charge in [-0.1, -0.05) is 48.5 Å². The Balaban J connectivity index is 1.98. The number of rotatable bonds is 8. The van der Waals surface area contributed by atoms with Crippen molar-refractivity contribution in [1.82, 2.24) is 0 Å². The lowest BCUT2D eigenvalue weighted by Gasteiger charge is -2.33. The summed E-state index contributed by atoms with van der Waals surface area (Å²) in [5.41, 5.74) is 3.31. The van der Waals surface area contributed by atoms with Gasteiger partial charge in [0, 0.05) is 31.3 Å². The Morgan fingerprint density at radius 1 is 0.586 bits per heavy atom. The van der Waals surface area contributed by atoms with Crippen molar-refractivity contribution >= 4 is 39.4 Å². The number of para-hydroxylation sites is 2. The zero-order valence-electron chi connectivity index (χ0n) is 17.8. The molecule has 1 unspecified atom stereocenters. The minimum absolute atomic E-state index is 1.09. The molecule has 0 radical (unpaired) electrons.